The molecule has 3 nitrogen and oxygen atoms in total. The van der Waals surface area contributed by atoms with E-state index in [1.807, 2.05) is 6.07 Å². The summed E-state index contributed by atoms with van der Waals surface area (Å²) in [5.41, 5.74) is 1.47. The van der Waals surface area contributed by atoms with E-state index in [9.17, 15) is 4.79 Å². The maximum absolute atomic E-state index is 11.0. The van der Waals surface area contributed by atoms with Crippen LogP contribution in [0.3, 0.4) is 0 Å². The van der Waals surface area contributed by atoms with Crippen molar-refractivity contribution in [2.24, 2.45) is 5.92 Å². The Bertz CT molecular complexity index is 321. The summed E-state index contributed by atoms with van der Waals surface area (Å²) in [6.07, 6.45) is 1.65. The lowest BCUT2D eigenvalue weighted by Gasteiger charge is -2.08. The molecule has 1 aromatic heterocycles. The van der Waals surface area contributed by atoms with Gasteiger partial charge in [0.05, 0.1) is 0 Å². The Kier molecular flexibility index (Phi) is 3.63. The Morgan fingerprint density at radius 1 is 1.57 bits per heavy atom. The second-order valence-corrected chi connectivity index (χ2v) is 3.76. The Morgan fingerprint density at radius 3 is 2.86 bits per heavy atom. The number of hydrogen-bond acceptors (Lipinski definition) is 3. The van der Waals surface area contributed by atoms with Gasteiger partial charge in [0, 0.05) is 25.4 Å². The number of anilines is 1. The molecule has 3 heteroatoms. The number of aromatic nitrogens is 1. The molecule has 0 unspecified atom stereocenters. The number of nitrogens with one attached hydrogen (secondary N) is 1. The van der Waals surface area contributed by atoms with Crippen LogP contribution in [0.1, 0.15) is 31.3 Å². The van der Waals surface area contributed by atoms with Gasteiger partial charge in [0.1, 0.15) is 5.69 Å². The van der Waals surface area contributed by atoms with Crippen molar-refractivity contribution in [2.75, 3.05) is 11.9 Å². The van der Waals surface area contributed by atoms with Crippen LogP contribution in [0.25, 0.3) is 0 Å². The van der Waals surface area contributed by atoms with Crippen molar-refractivity contribution in [1.82, 2.24) is 4.98 Å². The average Bonchev–Trinajstić information content (AvgIpc) is 2.15. The fourth-order valence-corrected chi connectivity index (χ4v) is 1.06. The van der Waals surface area contributed by atoms with Gasteiger partial charge in [0.25, 0.3) is 0 Å². The van der Waals surface area contributed by atoms with E-state index in [1.165, 1.54) is 6.92 Å². The predicted molar refractivity (Wildman–Crippen MR) is 57.6 cm³/mol. The van der Waals surface area contributed by atoms with E-state index in [2.05, 4.69) is 24.1 Å². The Balaban J connectivity index is 2.69. The van der Waals surface area contributed by atoms with Gasteiger partial charge in [-0.25, -0.2) is 0 Å². The van der Waals surface area contributed by atoms with Crippen molar-refractivity contribution in [3.63, 3.8) is 0 Å². The molecule has 1 rings (SSSR count). The molecule has 0 aromatic carbocycles. The molecule has 14 heavy (non-hydrogen) atoms. The summed E-state index contributed by atoms with van der Waals surface area (Å²) in [7, 11) is 0. The molecular weight excluding hydrogens is 176 g/mol. The van der Waals surface area contributed by atoms with Gasteiger partial charge in [0.2, 0.25) is 0 Å². The van der Waals surface area contributed by atoms with E-state index in [0.29, 0.717) is 11.6 Å². The number of carbonyl (C=O) groups excluding carboxylic acids is 1. The van der Waals surface area contributed by atoms with Crippen LogP contribution in [-0.2, 0) is 0 Å². The number of hydrogen-bond donors (Lipinski definition) is 1. The molecule has 1 aromatic rings. The van der Waals surface area contributed by atoms with E-state index in [1.54, 1.807) is 12.3 Å². The van der Waals surface area contributed by atoms with Crippen molar-refractivity contribution in [2.45, 2.75) is 20.8 Å². The number of ketones is 1. The van der Waals surface area contributed by atoms with Crippen molar-refractivity contribution in [3.8, 4) is 0 Å². The van der Waals surface area contributed by atoms with Gasteiger partial charge in [-0.15, -0.1) is 0 Å². The normalized spacial score (nSPS) is 10.3. The Hall–Kier alpha value is -1.38. The maximum atomic E-state index is 11.0. The molecule has 1 heterocycles. The summed E-state index contributed by atoms with van der Waals surface area (Å²) >= 11 is 0. The van der Waals surface area contributed by atoms with Crippen molar-refractivity contribution in [3.05, 3.63) is 24.0 Å². The first-order valence-electron chi connectivity index (χ1n) is 4.80. The molecule has 1 N–H and O–H groups in total. The van der Waals surface area contributed by atoms with Crippen LogP contribution in [0.5, 0.6) is 0 Å². The highest BCUT2D eigenvalue weighted by Gasteiger charge is 2.01. The number of nitrogens with zero attached hydrogens (tertiary/aromatic N) is 1. The van der Waals surface area contributed by atoms with Gasteiger partial charge in [-0.05, 0) is 18.1 Å². The zero-order valence-electron chi connectivity index (χ0n) is 8.87. The quantitative estimate of drug-likeness (QED) is 0.744. The number of rotatable bonds is 4. The van der Waals surface area contributed by atoms with Gasteiger partial charge in [-0.2, -0.15) is 0 Å². The molecule has 0 aliphatic heterocycles. The van der Waals surface area contributed by atoms with Crippen LogP contribution in [0.15, 0.2) is 18.3 Å². The minimum Gasteiger partial charge on any atom is -0.385 e. The third kappa shape index (κ3) is 3.17. The lowest BCUT2D eigenvalue weighted by atomic mass is 10.2. The summed E-state index contributed by atoms with van der Waals surface area (Å²) in [5.74, 6) is 0.585. The molecule has 0 aliphatic carbocycles. The van der Waals surface area contributed by atoms with Crippen molar-refractivity contribution >= 4 is 11.5 Å². The van der Waals surface area contributed by atoms with Crippen LogP contribution < -0.4 is 5.32 Å². The zero-order valence-corrected chi connectivity index (χ0v) is 8.87. The molecule has 0 aliphatic rings. The van der Waals surface area contributed by atoms with Crippen LogP contribution >= 0.6 is 0 Å². The van der Waals surface area contributed by atoms with E-state index in [-0.39, 0.29) is 5.78 Å². The maximum Gasteiger partial charge on any atom is 0.178 e. The van der Waals surface area contributed by atoms with E-state index < -0.39 is 0 Å². The largest absolute Gasteiger partial charge is 0.385 e. The smallest absolute Gasteiger partial charge is 0.178 e. The molecule has 0 atom stereocenters. The van der Waals surface area contributed by atoms with Crippen LogP contribution in [0, 0.1) is 5.92 Å². The Labute approximate surface area is 84.6 Å². The second kappa shape index (κ2) is 4.74. The van der Waals surface area contributed by atoms with Gasteiger partial charge in [-0.1, -0.05) is 13.8 Å². The molecule has 0 amide bonds. The minimum atomic E-state index is -0.00167. The molecule has 0 spiro atoms. The molecule has 0 saturated carbocycles. The average molecular weight is 192 g/mol. The molecular formula is C11H16N2O. The van der Waals surface area contributed by atoms with Crippen molar-refractivity contribution in [1.29, 1.82) is 0 Å². The first-order chi connectivity index (χ1) is 6.59. The Morgan fingerprint density at radius 2 is 2.29 bits per heavy atom. The summed E-state index contributed by atoms with van der Waals surface area (Å²) in [6.45, 7) is 6.70. The fraction of sp³-hybridized carbons (Fsp3) is 0.455. The fourth-order valence-electron chi connectivity index (χ4n) is 1.06. The third-order valence-corrected chi connectivity index (χ3v) is 1.84. The van der Waals surface area contributed by atoms with Crippen LogP contribution in [-0.4, -0.2) is 17.3 Å². The standard InChI is InChI=1S/C11H16N2O/c1-8(2)7-13-10-4-5-12-11(6-10)9(3)14/h4-6,8H,7H2,1-3H3,(H,12,13). The van der Waals surface area contributed by atoms with Gasteiger partial charge < -0.3 is 5.32 Å². The topological polar surface area (TPSA) is 42.0 Å². The molecule has 0 fully saturated rings. The molecule has 0 saturated heterocycles. The van der Waals surface area contributed by atoms with Crippen LogP contribution in [0.4, 0.5) is 5.69 Å². The lowest BCUT2D eigenvalue weighted by molar-refractivity contribution is 0.101. The molecule has 76 valence electrons. The highest BCUT2D eigenvalue weighted by Crippen LogP contribution is 2.09. The SMILES string of the molecule is CC(=O)c1cc(NCC(C)C)ccn1. The number of pyridine rings is 1. The number of carbonyl (C=O) groups is 1. The number of Topliss-reactive ketones (excluding diaryl/α,β-unsaturated/α-hetero) is 1. The predicted octanol–water partition coefficient (Wildman–Crippen LogP) is 2.35. The van der Waals surface area contributed by atoms with Crippen molar-refractivity contribution < 1.29 is 4.79 Å². The monoisotopic (exact) mass is 192 g/mol. The first kappa shape index (κ1) is 10.7. The summed E-state index contributed by atoms with van der Waals surface area (Å²) in [5, 5.41) is 3.25. The third-order valence-electron chi connectivity index (χ3n) is 1.84. The van der Waals surface area contributed by atoms with Gasteiger partial charge >= 0.3 is 0 Å². The van der Waals surface area contributed by atoms with Gasteiger partial charge in [-0.3, -0.25) is 9.78 Å². The van der Waals surface area contributed by atoms with Crippen LogP contribution in [0.2, 0.25) is 0 Å². The molecule has 0 radical (unpaired) electrons. The second-order valence-electron chi connectivity index (χ2n) is 3.76. The molecule has 0 bridgehead atoms. The van der Waals surface area contributed by atoms with Gasteiger partial charge in [0.15, 0.2) is 5.78 Å². The highest BCUT2D eigenvalue weighted by molar-refractivity contribution is 5.92. The van der Waals surface area contributed by atoms with E-state index >= 15 is 0 Å². The minimum absolute atomic E-state index is 0.00167. The zero-order chi connectivity index (χ0) is 10.6. The first-order valence-corrected chi connectivity index (χ1v) is 4.80. The lowest BCUT2D eigenvalue weighted by Crippen LogP contribution is -2.08. The van der Waals surface area contributed by atoms with E-state index in [4.69, 9.17) is 0 Å². The highest BCUT2D eigenvalue weighted by atomic mass is 16.1. The summed E-state index contributed by atoms with van der Waals surface area (Å²) in [4.78, 5) is 15.0. The van der Waals surface area contributed by atoms with E-state index in [0.717, 1.165) is 12.2 Å². The summed E-state index contributed by atoms with van der Waals surface area (Å²) in [6, 6.07) is 3.65. The summed E-state index contributed by atoms with van der Waals surface area (Å²) < 4.78 is 0.